The van der Waals surface area contributed by atoms with Crippen LogP contribution in [0.4, 0.5) is 17.2 Å². The van der Waals surface area contributed by atoms with Gasteiger partial charge >= 0.3 is 0 Å². The molecule has 0 atom stereocenters. The Morgan fingerprint density at radius 2 is 1.39 bits per heavy atom. The lowest BCUT2D eigenvalue weighted by molar-refractivity contribution is 0.999. The molecule has 0 fully saturated rings. The molecular weight excluding hydrogens is 424 g/mol. The molecule has 0 aliphatic heterocycles. The quantitative estimate of drug-likeness (QED) is 0.274. The summed E-state index contributed by atoms with van der Waals surface area (Å²) in [5.41, 5.74) is 4.21. The minimum absolute atomic E-state index is 0.855. The van der Waals surface area contributed by atoms with Gasteiger partial charge in [-0.15, -0.1) is 11.3 Å². The Labute approximate surface area is 196 Å². The van der Waals surface area contributed by atoms with Gasteiger partial charge in [0.05, 0.1) is 10.2 Å². The smallest absolute Gasteiger partial charge is 0.140 e. The fraction of sp³-hybridized carbons (Fsp3) is 0. The number of para-hydroxylation sites is 2. The van der Waals surface area contributed by atoms with Crippen molar-refractivity contribution < 1.29 is 0 Å². The Bertz CT molecular complexity index is 1490. The van der Waals surface area contributed by atoms with E-state index in [0.29, 0.717) is 0 Å². The first-order valence-corrected chi connectivity index (χ1v) is 11.6. The summed E-state index contributed by atoms with van der Waals surface area (Å²) in [6.07, 6.45) is 4.01. The van der Waals surface area contributed by atoms with Crippen LogP contribution in [-0.2, 0) is 0 Å². The minimum Gasteiger partial charge on any atom is -0.309 e. The van der Waals surface area contributed by atoms with E-state index in [9.17, 15) is 0 Å². The Morgan fingerprint density at radius 1 is 0.636 bits per heavy atom. The summed E-state index contributed by atoms with van der Waals surface area (Å²) in [7, 11) is 0. The average Bonchev–Trinajstić information content (AvgIpc) is 3.56. The van der Waals surface area contributed by atoms with Crippen LogP contribution < -0.4 is 4.90 Å². The monoisotopic (exact) mass is 444 g/mol. The Morgan fingerprint density at radius 3 is 2.24 bits per heavy atom. The maximum absolute atomic E-state index is 4.98. The predicted octanol–water partition coefficient (Wildman–Crippen LogP) is 7.62. The molecule has 0 aliphatic rings. The highest BCUT2D eigenvalue weighted by Gasteiger charge is 2.16. The number of benzene rings is 3. The van der Waals surface area contributed by atoms with Crippen LogP contribution in [0.5, 0.6) is 0 Å². The molecule has 0 radical (unpaired) electrons. The number of hydrogen-bond donors (Lipinski definition) is 0. The van der Waals surface area contributed by atoms with Gasteiger partial charge in [-0.25, -0.2) is 9.97 Å². The van der Waals surface area contributed by atoms with Gasteiger partial charge in [-0.05, 0) is 60.7 Å². The van der Waals surface area contributed by atoms with Crippen molar-refractivity contribution in [3.8, 4) is 16.4 Å². The van der Waals surface area contributed by atoms with E-state index in [4.69, 9.17) is 9.97 Å². The van der Waals surface area contributed by atoms with E-state index in [1.165, 1.54) is 4.70 Å². The van der Waals surface area contributed by atoms with Crippen molar-refractivity contribution in [3.05, 3.63) is 122 Å². The van der Waals surface area contributed by atoms with E-state index in [1.54, 1.807) is 11.3 Å². The lowest BCUT2D eigenvalue weighted by Crippen LogP contribution is -2.12. The van der Waals surface area contributed by atoms with E-state index < -0.39 is 0 Å². The Balaban J connectivity index is 1.48. The van der Waals surface area contributed by atoms with Gasteiger partial charge < -0.3 is 4.57 Å². The summed E-state index contributed by atoms with van der Waals surface area (Å²) in [5.74, 6) is 1.73. The molecule has 3 aromatic carbocycles. The molecule has 6 aromatic rings. The van der Waals surface area contributed by atoms with Gasteiger partial charge in [-0.2, -0.15) is 0 Å². The third-order valence-corrected chi connectivity index (χ3v) is 6.56. The minimum atomic E-state index is 0.855. The van der Waals surface area contributed by atoms with Gasteiger partial charge in [0.15, 0.2) is 0 Å². The first kappa shape index (κ1) is 19.5. The summed E-state index contributed by atoms with van der Waals surface area (Å²) in [5, 5.41) is 1.01. The SMILES string of the molecule is c1ccc(N(c2cccc(-c3nc4ccccc4s3)c2)c2cccc(-n3cccc3)n2)cc1. The number of fused-ring (bicyclic) bond motifs is 1. The molecule has 6 rings (SSSR count). The van der Waals surface area contributed by atoms with Crippen molar-refractivity contribution in [3.63, 3.8) is 0 Å². The number of aromatic nitrogens is 3. The third kappa shape index (κ3) is 3.79. The van der Waals surface area contributed by atoms with E-state index in [1.807, 2.05) is 59.4 Å². The fourth-order valence-corrected chi connectivity index (χ4v) is 4.89. The molecule has 0 N–H and O–H groups in total. The average molecular weight is 445 g/mol. The van der Waals surface area contributed by atoms with E-state index in [-0.39, 0.29) is 0 Å². The second-order valence-electron chi connectivity index (χ2n) is 7.65. The highest BCUT2D eigenvalue weighted by molar-refractivity contribution is 7.21. The van der Waals surface area contributed by atoms with Crippen LogP contribution >= 0.6 is 11.3 Å². The first-order chi connectivity index (χ1) is 16.3. The zero-order valence-electron chi connectivity index (χ0n) is 17.7. The lowest BCUT2D eigenvalue weighted by atomic mass is 10.1. The number of thiazole rings is 1. The van der Waals surface area contributed by atoms with E-state index >= 15 is 0 Å². The normalized spacial score (nSPS) is 11.0. The second-order valence-corrected chi connectivity index (χ2v) is 8.68. The van der Waals surface area contributed by atoms with E-state index in [0.717, 1.165) is 39.1 Å². The molecular formula is C28H20N4S. The van der Waals surface area contributed by atoms with Crippen LogP contribution in [-0.4, -0.2) is 14.5 Å². The van der Waals surface area contributed by atoms with Crippen LogP contribution in [0.1, 0.15) is 0 Å². The van der Waals surface area contributed by atoms with Crippen molar-refractivity contribution in [2.75, 3.05) is 4.90 Å². The summed E-state index contributed by atoms with van der Waals surface area (Å²) in [4.78, 5) is 12.0. The zero-order valence-corrected chi connectivity index (χ0v) is 18.6. The molecule has 0 saturated carbocycles. The predicted molar refractivity (Wildman–Crippen MR) is 137 cm³/mol. The first-order valence-electron chi connectivity index (χ1n) is 10.8. The largest absolute Gasteiger partial charge is 0.309 e. The molecule has 0 aliphatic carbocycles. The van der Waals surface area contributed by atoms with Crippen LogP contribution in [0.15, 0.2) is 122 Å². The molecule has 3 aromatic heterocycles. The van der Waals surface area contributed by atoms with E-state index in [2.05, 4.69) is 71.6 Å². The van der Waals surface area contributed by atoms with Crippen molar-refractivity contribution >= 4 is 38.7 Å². The third-order valence-electron chi connectivity index (χ3n) is 5.48. The maximum Gasteiger partial charge on any atom is 0.140 e. The van der Waals surface area contributed by atoms with Crippen LogP contribution in [0.2, 0.25) is 0 Å². The molecule has 0 spiro atoms. The molecule has 158 valence electrons. The lowest BCUT2D eigenvalue weighted by Gasteiger charge is -2.25. The topological polar surface area (TPSA) is 34.0 Å². The van der Waals surface area contributed by atoms with Crippen LogP contribution in [0.3, 0.4) is 0 Å². The van der Waals surface area contributed by atoms with Gasteiger partial charge in [0.2, 0.25) is 0 Å². The highest BCUT2D eigenvalue weighted by Crippen LogP contribution is 2.37. The molecule has 4 nitrogen and oxygen atoms in total. The molecule has 3 heterocycles. The number of anilines is 3. The summed E-state index contributed by atoms with van der Waals surface area (Å²) < 4.78 is 3.21. The highest BCUT2D eigenvalue weighted by atomic mass is 32.1. The summed E-state index contributed by atoms with van der Waals surface area (Å²) in [6, 6.07) is 37.2. The van der Waals surface area contributed by atoms with Crippen molar-refractivity contribution in [2.45, 2.75) is 0 Å². The molecule has 0 amide bonds. The summed E-state index contributed by atoms with van der Waals surface area (Å²) >= 11 is 1.71. The fourth-order valence-electron chi connectivity index (χ4n) is 3.93. The number of nitrogens with zero attached hydrogens (tertiary/aromatic N) is 4. The Kier molecular flexibility index (Phi) is 4.94. The molecule has 0 bridgehead atoms. The van der Waals surface area contributed by atoms with Crippen LogP contribution in [0, 0.1) is 0 Å². The van der Waals surface area contributed by atoms with Crippen LogP contribution in [0.25, 0.3) is 26.6 Å². The summed E-state index contributed by atoms with van der Waals surface area (Å²) in [6.45, 7) is 0. The van der Waals surface area contributed by atoms with Crippen molar-refractivity contribution in [1.82, 2.24) is 14.5 Å². The van der Waals surface area contributed by atoms with Gasteiger partial charge in [0.25, 0.3) is 0 Å². The van der Waals surface area contributed by atoms with Crippen molar-refractivity contribution in [2.24, 2.45) is 0 Å². The van der Waals surface area contributed by atoms with Crippen molar-refractivity contribution in [1.29, 1.82) is 0 Å². The number of pyridine rings is 1. The van der Waals surface area contributed by atoms with Gasteiger partial charge in [0.1, 0.15) is 16.6 Å². The Hall–Kier alpha value is -4.22. The maximum atomic E-state index is 4.98. The second kappa shape index (κ2) is 8.37. The van der Waals surface area contributed by atoms with Gasteiger partial charge in [0, 0.05) is 29.3 Å². The zero-order chi connectivity index (χ0) is 22.0. The molecule has 33 heavy (non-hydrogen) atoms. The molecule has 0 unspecified atom stereocenters. The van der Waals surface area contributed by atoms with Gasteiger partial charge in [-0.1, -0.05) is 48.5 Å². The van der Waals surface area contributed by atoms with Gasteiger partial charge in [-0.3, -0.25) is 4.90 Å². The number of rotatable bonds is 5. The standard InChI is InChI=1S/C28H20N4S/c1-2-11-22(12-3-1)32(27-17-9-16-26(30-27)31-18-6-7-19-31)23-13-8-10-21(20-23)28-29-24-14-4-5-15-25(24)33-28/h1-20H. The molecule has 0 saturated heterocycles. The molecule has 5 heteroatoms. The number of hydrogen-bond acceptors (Lipinski definition) is 4.